The number of thiazole rings is 1. The van der Waals surface area contributed by atoms with Crippen molar-refractivity contribution in [3.63, 3.8) is 0 Å². The Morgan fingerprint density at radius 2 is 1.76 bits per heavy atom. The van der Waals surface area contributed by atoms with Crippen LogP contribution >= 0.6 is 27.3 Å². The summed E-state index contributed by atoms with van der Waals surface area (Å²) < 4.78 is 12.3. The fourth-order valence-electron chi connectivity index (χ4n) is 3.32. The van der Waals surface area contributed by atoms with Gasteiger partial charge in [-0.25, -0.2) is 4.98 Å². The Bertz CT molecular complexity index is 1270. The van der Waals surface area contributed by atoms with Crippen LogP contribution in [-0.4, -0.2) is 18.0 Å². The van der Waals surface area contributed by atoms with Gasteiger partial charge in [-0.1, -0.05) is 45.8 Å². The maximum absolute atomic E-state index is 12.9. The molecule has 0 radical (unpaired) electrons. The molecule has 0 spiro atoms. The zero-order valence-corrected chi connectivity index (χ0v) is 20.9. The minimum Gasteiger partial charge on any atom is -0.496 e. The van der Waals surface area contributed by atoms with Crippen LogP contribution in [-0.2, 0) is 6.61 Å². The lowest BCUT2D eigenvalue weighted by atomic mass is 10.1. The number of halogens is 1. The van der Waals surface area contributed by atoms with Crippen molar-refractivity contribution in [2.24, 2.45) is 0 Å². The summed E-state index contributed by atoms with van der Waals surface area (Å²) in [5.41, 5.74) is 4.40. The Morgan fingerprint density at radius 3 is 2.45 bits per heavy atom. The highest BCUT2D eigenvalue weighted by atomic mass is 79.9. The predicted octanol–water partition coefficient (Wildman–Crippen LogP) is 7.03. The number of carbonyl (C=O) groups is 1. The van der Waals surface area contributed by atoms with E-state index in [4.69, 9.17) is 9.47 Å². The van der Waals surface area contributed by atoms with Gasteiger partial charge in [-0.3, -0.25) is 10.1 Å². The first kappa shape index (κ1) is 23.0. The molecule has 33 heavy (non-hydrogen) atoms. The van der Waals surface area contributed by atoms with E-state index in [1.54, 1.807) is 25.3 Å². The van der Waals surface area contributed by atoms with Crippen molar-refractivity contribution in [1.29, 1.82) is 0 Å². The van der Waals surface area contributed by atoms with Gasteiger partial charge in [-0.15, -0.1) is 11.3 Å². The van der Waals surface area contributed by atoms with Gasteiger partial charge in [0, 0.05) is 26.0 Å². The zero-order chi connectivity index (χ0) is 23.4. The number of aryl methyl sites for hydroxylation is 2. The van der Waals surface area contributed by atoms with E-state index in [0.717, 1.165) is 31.9 Å². The third kappa shape index (κ3) is 5.61. The SMILES string of the molecule is COc1ccc(C(=O)Nc2nc(-c3ccc(C)cc3)c(C)s2)cc1COc1ccc(Br)cc1. The summed E-state index contributed by atoms with van der Waals surface area (Å²) in [5, 5.41) is 3.49. The molecular formula is C26H23BrN2O3S. The number of nitrogens with one attached hydrogen (secondary N) is 1. The fraction of sp³-hybridized carbons (Fsp3) is 0.154. The summed E-state index contributed by atoms with van der Waals surface area (Å²) in [5.74, 6) is 1.17. The lowest BCUT2D eigenvalue weighted by Crippen LogP contribution is -2.12. The number of hydrogen-bond donors (Lipinski definition) is 1. The van der Waals surface area contributed by atoms with Crippen molar-refractivity contribution in [2.45, 2.75) is 20.5 Å². The molecule has 0 saturated carbocycles. The minimum atomic E-state index is -0.230. The summed E-state index contributed by atoms with van der Waals surface area (Å²) in [4.78, 5) is 18.6. The second kappa shape index (κ2) is 10.2. The number of anilines is 1. The normalized spacial score (nSPS) is 10.7. The van der Waals surface area contributed by atoms with Crippen LogP contribution in [0.15, 0.2) is 71.2 Å². The van der Waals surface area contributed by atoms with E-state index in [0.29, 0.717) is 16.4 Å². The average Bonchev–Trinajstić information content (AvgIpc) is 3.18. The molecular weight excluding hydrogens is 500 g/mol. The molecule has 0 aliphatic rings. The van der Waals surface area contributed by atoms with Gasteiger partial charge in [0.25, 0.3) is 5.91 Å². The van der Waals surface area contributed by atoms with Crippen molar-refractivity contribution in [3.8, 4) is 22.8 Å². The second-order valence-corrected chi connectivity index (χ2v) is 9.63. The van der Waals surface area contributed by atoms with E-state index in [9.17, 15) is 4.79 Å². The maximum Gasteiger partial charge on any atom is 0.257 e. The Balaban J connectivity index is 1.50. The number of methoxy groups -OCH3 is 1. The van der Waals surface area contributed by atoms with Crippen molar-refractivity contribution in [2.75, 3.05) is 12.4 Å². The summed E-state index contributed by atoms with van der Waals surface area (Å²) in [6.07, 6.45) is 0. The highest BCUT2D eigenvalue weighted by Gasteiger charge is 2.15. The van der Waals surface area contributed by atoms with Crippen LogP contribution in [0.1, 0.15) is 26.4 Å². The van der Waals surface area contributed by atoms with Crippen LogP contribution in [0.4, 0.5) is 5.13 Å². The first-order valence-corrected chi connectivity index (χ1v) is 11.9. The summed E-state index contributed by atoms with van der Waals surface area (Å²) in [6, 6.07) is 21.1. The lowest BCUT2D eigenvalue weighted by Gasteiger charge is -2.12. The number of benzene rings is 3. The Kier molecular flexibility index (Phi) is 7.11. The van der Waals surface area contributed by atoms with E-state index in [-0.39, 0.29) is 12.5 Å². The van der Waals surface area contributed by atoms with Crippen LogP contribution in [0.5, 0.6) is 11.5 Å². The first-order valence-electron chi connectivity index (χ1n) is 10.3. The number of ether oxygens (including phenoxy) is 2. The monoisotopic (exact) mass is 522 g/mol. The van der Waals surface area contributed by atoms with E-state index in [2.05, 4.69) is 45.3 Å². The molecule has 1 aromatic heterocycles. The second-order valence-electron chi connectivity index (χ2n) is 7.51. The predicted molar refractivity (Wildman–Crippen MR) is 136 cm³/mol. The molecule has 1 N–H and O–H groups in total. The number of aromatic nitrogens is 1. The number of rotatable bonds is 7. The molecule has 7 heteroatoms. The molecule has 0 bridgehead atoms. The number of amides is 1. The van der Waals surface area contributed by atoms with Crippen molar-refractivity contribution < 1.29 is 14.3 Å². The Morgan fingerprint density at radius 1 is 1.03 bits per heavy atom. The molecule has 1 heterocycles. The fourth-order valence-corrected chi connectivity index (χ4v) is 4.42. The summed E-state index contributed by atoms with van der Waals surface area (Å²) in [6.45, 7) is 4.34. The van der Waals surface area contributed by atoms with Gasteiger partial charge >= 0.3 is 0 Å². The van der Waals surface area contributed by atoms with Gasteiger partial charge in [-0.05, 0) is 56.3 Å². The smallest absolute Gasteiger partial charge is 0.257 e. The van der Waals surface area contributed by atoms with Crippen LogP contribution in [0.2, 0.25) is 0 Å². The molecule has 3 aromatic carbocycles. The molecule has 1 amide bonds. The molecule has 5 nitrogen and oxygen atoms in total. The van der Waals surface area contributed by atoms with Gasteiger partial charge in [0.2, 0.25) is 0 Å². The zero-order valence-electron chi connectivity index (χ0n) is 18.5. The number of hydrogen-bond acceptors (Lipinski definition) is 5. The van der Waals surface area contributed by atoms with Crippen LogP contribution in [0.25, 0.3) is 11.3 Å². The van der Waals surface area contributed by atoms with Gasteiger partial charge in [-0.2, -0.15) is 0 Å². The molecule has 4 rings (SSSR count). The summed E-state index contributed by atoms with van der Waals surface area (Å²) in [7, 11) is 1.60. The standard InChI is InChI=1S/C26H23BrN2O3S/c1-16-4-6-18(7-5-16)24-17(2)33-26(28-24)29-25(30)19-8-13-23(31-3)20(14-19)15-32-22-11-9-21(27)10-12-22/h4-14H,15H2,1-3H3,(H,28,29,30). The molecule has 168 valence electrons. The Hall–Kier alpha value is -3.16. The van der Waals surface area contributed by atoms with Crippen molar-refractivity contribution in [3.05, 3.63) is 92.8 Å². The number of carbonyl (C=O) groups excluding carboxylic acids is 1. The largest absolute Gasteiger partial charge is 0.496 e. The quantitative estimate of drug-likeness (QED) is 0.283. The van der Waals surface area contributed by atoms with Crippen molar-refractivity contribution >= 4 is 38.3 Å². The average molecular weight is 523 g/mol. The summed E-state index contributed by atoms with van der Waals surface area (Å²) >= 11 is 4.88. The van der Waals surface area contributed by atoms with E-state index < -0.39 is 0 Å². The van der Waals surface area contributed by atoms with E-state index in [1.807, 2.05) is 43.3 Å². The highest BCUT2D eigenvalue weighted by molar-refractivity contribution is 9.10. The van der Waals surface area contributed by atoms with Gasteiger partial charge in [0.15, 0.2) is 5.13 Å². The van der Waals surface area contributed by atoms with Crippen LogP contribution in [0, 0.1) is 13.8 Å². The molecule has 0 fully saturated rings. The van der Waals surface area contributed by atoms with Crippen LogP contribution < -0.4 is 14.8 Å². The minimum absolute atomic E-state index is 0.230. The number of nitrogens with zero attached hydrogens (tertiary/aromatic N) is 1. The molecule has 0 saturated heterocycles. The van der Waals surface area contributed by atoms with Gasteiger partial charge in [0.05, 0.1) is 12.8 Å². The lowest BCUT2D eigenvalue weighted by molar-refractivity contribution is 0.102. The topological polar surface area (TPSA) is 60.5 Å². The molecule has 0 aliphatic heterocycles. The van der Waals surface area contributed by atoms with E-state index >= 15 is 0 Å². The molecule has 0 aliphatic carbocycles. The highest BCUT2D eigenvalue weighted by Crippen LogP contribution is 2.31. The van der Waals surface area contributed by atoms with Gasteiger partial charge < -0.3 is 9.47 Å². The molecule has 4 aromatic rings. The third-order valence-electron chi connectivity index (χ3n) is 5.09. The van der Waals surface area contributed by atoms with Gasteiger partial charge in [0.1, 0.15) is 18.1 Å². The van der Waals surface area contributed by atoms with Crippen molar-refractivity contribution in [1.82, 2.24) is 4.98 Å². The first-order chi connectivity index (χ1) is 15.9. The van der Waals surface area contributed by atoms with Crippen LogP contribution in [0.3, 0.4) is 0 Å². The Labute approximate surface area is 205 Å². The molecule has 0 unspecified atom stereocenters. The molecule has 0 atom stereocenters. The maximum atomic E-state index is 12.9. The third-order valence-corrected chi connectivity index (χ3v) is 6.51. The van der Waals surface area contributed by atoms with E-state index in [1.165, 1.54) is 16.9 Å².